The summed E-state index contributed by atoms with van der Waals surface area (Å²) in [5.41, 5.74) is 2.43. The van der Waals surface area contributed by atoms with Crippen LogP contribution in [0.3, 0.4) is 0 Å². The van der Waals surface area contributed by atoms with E-state index >= 15 is 0 Å². The highest BCUT2D eigenvalue weighted by Crippen LogP contribution is 2.09. The second-order valence-electron chi connectivity index (χ2n) is 4.91. The molecule has 1 aromatic heterocycles. The molecule has 0 radical (unpaired) electrons. The molecule has 0 saturated carbocycles. The Morgan fingerprint density at radius 2 is 1.90 bits per heavy atom. The SMILES string of the molecule is Cc1ccc(NC(=O)CN(C)C(=O)c2cc(C)no2)cc1. The van der Waals surface area contributed by atoms with E-state index in [2.05, 4.69) is 10.5 Å². The van der Waals surface area contributed by atoms with Crippen molar-refractivity contribution in [3.8, 4) is 0 Å². The number of carbonyl (C=O) groups is 2. The van der Waals surface area contributed by atoms with Crippen molar-refractivity contribution in [2.75, 3.05) is 18.9 Å². The average molecular weight is 287 g/mol. The maximum absolute atomic E-state index is 12.0. The van der Waals surface area contributed by atoms with Crippen molar-refractivity contribution in [2.45, 2.75) is 13.8 Å². The molecule has 1 heterocycles. The summed E-state index contributed by atoms with van der Waals surface area (Å²) in [4.78, 5) is 25.2. The van der Waals surface area contributed by atoms with Crippen LogP contribution in [0.15, 0.2) is 34.9 Å². The summed E-state index contributed by atoms with van der Waals surface area (Å²) in [6, 6.07) is 8.98. The number of hydrogen-bond donors (Lipinski definition) is 1. The lowest BCUT2D eigenvalue weighted by molar-refractivity contribution is -0.116. The summed E-state index contributed by atoms with van der Waals surface area (Å²) in [6.07, 6.45) is 0. The topological polar surface area (TPSA) is 75.4 Å². The van der Waals surface area contributed by atoms with Gasteiger partial charge in [0.2, 0.25) is 11.7 Å². The van der Waals surface area contributed by atoms with E-state index in [1.165, 1.54) is 18.0 Å². The Labute approximate surface area is 122 Å². The first kappa shape index (κ1) is 14.8. The number of likely N-dealkylation sites (N-methyl/N-ethyl adjacent to an activating group) is 1. The highest BCUT2D eigenvalue weighted by molar-refractivity contribution is 5.97. The molecule has 110 valence electrons. The molecule has 1 aromatic carbocycles. The molecule has 6 nitrogen and oxygen atoms in total. The maximum Gasteiger partial charge on any atom is 0.292 e. The zero-order chi connectivity index (χ0) is 15.4. The normalized spacial score (nSPS) is 10.2. The lowest BCUT2D eigenvalue weighted by Gasteiger charge is -2.15. The van der Waals surface area contributed by atoms with E-state index in [-0.39, 0.29) is 24.1 Å². The van der Waals surface area contributed by atoms with Crippen LogP contribution in [0.5, 0.6) is 0 Å². The summed E-state index contributed by atoms with van der Waals surface area (Å²) >= 11 is 0. The minimum atomic E-state index is -0.380. The number of benzene rings is 1. The molecule has 0 spiro atoms. The van der Waals surface area contributed by atoms with E-state index in [1.54, 1.807) is 6.92 Å². The zero-order valence-electron chi connectivity index (χ0n) is 12.2. The highest BCUT2D eigenvalue weighted by atomic mass is 16.5. The maximum atomic E-state index is 12.0. The van der Waals surface area contributed by atoms with Crippen molar-refractivity contribution >= 4 is 17.5 Å². The summed E-state index contributed by atoms with van der Waals surface area (Å²) < 4.78 is 4.89. The Morgan fingerprint density at radius 1 is 1.24 bits per heavy atom. The van der Waals surface area contributed by atoms with E-state index in [0.717, 1.165) is 5.56 Å². The molecule has 21 heavy (non-hydrogen) atoms. The van der Waals surface area contributed by atoms with E-state index < -0.39 is 0 Å². The monoisotopic (exact) mass is 287 g/mol. The van der Waals surface area contributed by atoms with Gasteiger partial charge in [-0.3, -0.25) is 9.59 Å². The standard InChI is InChI=1S/C15H17N3O3/c1-10-4-6-12(7-5-10)16-14(19)9-18(3)15(20)13-8-11(2)17-21-13/h4-8H,9H2,1-3H3,(H,16,19). The van der Waals surface area contributed by atoms with Gasteiger partial charge in [0.25, 0.3) is 5.91 Å². The number of rotatable bonds is 4. The minimum Gasteiger partial charge on any atom is -0.351 e. The Hall–Kier alpha value is -2.63. The van der Waals surface area contributed by atoms with Gasteiger partial charge >= 0.3 is 0 Å². The molecule has 0 saturated heterocycles. The minimum absolute atomic E-state index is 0.0630. The predicted molar refractivity (Wildman–Crippen MR) is 78.0 cm³/mol. The third-order valence-electron chi connectivity index (χ3n) is 2.90. The van der Waals surface area contributed by atoms with Gasteiger partial charge < -0.3 is 14.7 Å². The van der Waals surface area contributed by atoms with Gasteiger partial charge in [0, 0.05) is 18.8 Å². The number of amides is 2. The first-order valence-corrected chi connectivity index (χ1v) is 6.51. The van der Waals surface area contributed by atoms with Gasteiger partial charge in [-0.2, -0.15) is 0 Å². The van der Waals surface area contributed by atoms with Crippen molar-refractivity contribution in [3.05, 3.63) is 47.3 Å². The van der Waals surface area contributed by atoms with Crippen molar-refractivity contribution in [1.29, 1.82) is 0 Å². The molecule has 1 N–H and O–H groups in total. The quantitative estimate of drug-likeness (QED) is 0.933. The first-order valence-electron chi connectivity index (χ1n) is 6.51. The predicted octanol–water partition coefficient (Wildman–Crippen LogP) is 2.00. The summed E-state index contributed by atoms with van der Waals surface area (Å²) in [6.45, 7) is 3.63. The fourth-order valence-electron chi connectivity index (χ4n) is 1.78. The molecule has 0 unspecified atom stereocenters. The molecule has 0 aliphatic heterocycles. The van der Waals surface area contributed by atoms with Crippen molar-refractivity contribution < 1.29 is 14.1 Å². The molecule has 6 heteroatoms. The molecule has 0 aliphatic carbocycles. The Balaban J connectivity index is 1.92. The van der Waals surface area contributed by atoms with Crippen molar-refractivity contribution in [3.63, 3.8) is 0 Å². The lowest BCUT2D eigenvalue weighted by Crippen LogP contribution is -2.34. The van der Waals surface area contributed by atoms with E-state index in [0.29, 0.717) is 11.4 Å². The van der Waals surface area contributed by atoms with Crippen LogP contribution < -0.4 is 5.32 Å². The number of nitrogens with zero attached hydrogens (tertiary/aromatic N) is 2. The molecule has 2 aromatic rings. The molecule has 2 rings (SSSR count). The third-order valence-corrected chi connectivity index (χ3v) is 2.90. The number of nitrogens with one attached hydrogen (secondary N) is 1. The fourth-order valence-corrected chi connectivity index (χ4v) is 1.78. The largest absolute Gasteiger partial charge is 0.351 e. The lowest BCUT2D eigenvalue weighted by atomic mass is 10.2. The van der Waals surface area contributed by atoms with Gasteiger partial charge in [0.1, 0.15) is 0 Å². The number of aromatic nitrogens is 1. The van der Waals surface area contributed by atoms with Gasteiger partial charge in [-0.15, -0.1) is 0 Å². The summed E-state index contributed by atoms with van der Waals surface area (Å²) in [7, 11) is 1.54. The molecule has 0 aliphatic rings. The van der Waals surface area contributed by atoms with Crippen LogP contribution in [0.1, 0.15) is 21.8 Å². The highest BCUT2D eigenvalue weighted by Gasteiger charge is 2.18. The molecule has 0 fully saturated rings. The number of carbonyl (C=O) groups excluding carboxylic acids is 2. The molecular weight excluding hydrogens is 270 g/mol. The van der Waals surface area contributed by atoms with Crippen LogP contribution in [-0.4, -0.2) is 35.5 Å². The van der Waals surface area contributed by atoms with Gasteiger partial charge in [0.05, 0.1) is 12.2 Å². The van der Waals surface area contributed by atoms with Gasteiger partial charge in [-0.1, -0.05) is 22.9 Å². The summed E-state index contributed by atoms with van der Waals surface area (Å²) in [5, 5.41) is 6.38. The average Bonchev–Trinajstić information content (AvgIpc) is 2.87. The first-order chi connectivity index (χ1) is 9.95. The van der Waals surface area contributed by atoms with Gasteiger partial charge in [-0.25, -0.2) is 0 Å². The van der Waals surface area contributed by atoms with Crippen LogP contribution >= 0.6 is 0 Å². The number of anilines is 1. The van der Waals surface area contributed by atoms with E-state index in [1.807, 2.05) is 31.2 Å². The van der Waals surface area contributed by atoms with E-state index in [9.17, 15) is 9.59 Å². The summed E-state index contributed by atoms with van der Waals surface area (Å²) in [5.74, 6) is -0.529. The fraction of sp³-hybridized carbons (Fsp3) is 0.267. The smallest absolute Gasteiger partial charge is 0.292 e. The van der Waals surface area contributed by atoms with Crippen LogP contribution in [-0.2, 0) is 4.79 Å². The van der Waals surface area contributed by atoms with E-state index in [4.69, 9.17) is 4.52 Å². The third kappa shape index (κ3) is 3.92. The van der Waals surface area contributed by atoms with Crippen LogP contribution in [0.2, 0.25) is 0 Å². The van der Waals surface area contributed by atoms with Crippen molar-refractivity contribution in [1.82, 2.24) is 10.1 Å². The second-order valence-corrected chi connectivity index (χ2v) is 4.91. The van der Waals surface area contributed by atoms with Crippen LogP contribution in [0, 0.1) is 13.8 Å². The second kappa shape index (κ2) is 6.21. The zero-order valence-corrected chi connectivity index (χ0v) is 12.2. The number of hydrogen-bond acceptors (Lipinski definition) is 4. The Morgan fingerprint density at radius 3 is 2.48 bits per heavy atom. The molecule has 0 bridgehead atoms. The van der Waals surface area contributed by atoms with Crippen molar-refractivity contribution in [2.24, 2.45) is 0 Å². The Kier molecular flexibility index (Phi) is 4.37. The molecule has 0 atom stereocenters. The number of aryl methyl sites for hydroxylation is 2. The van der Waals surface area contributed by atoms with Crippen LogP contribution in [0.4, 0.5) is 5.69 Å². The molecule has 2 amide bonds. The Bertz CT molecular complexity index is 646. The molecular formula is C15H17N3O3. The van der Waals surface area contributed by atoms with Gasteiger partial charge in [0.15, 0.2) is 0 Å². The van der Waals surface area contributed by atoms with Gasteiger partial charge in [-0.05, 0) is 26.0 Å². The van der Waals surface area contributed by atoms with Crippen LogP contribution in [0.25, 0.3) is 0 Å².